The van der Waals surface area contributed by atoms with Gasteiger partial charge in [0, 0.05) is 24.3 Å². The second-order valence-corrected chi connectivity index (χ2v) is 7.58. The monoisotopic (exact) mass is 633 g/mol. The maximum Gasteiger partial charge on any atom is 1.00 e. The molecule has 0 spiro atoms. The van der Waals surface area contributed by atoms with Crippen LogP contribution in [0, 0.1) is 17.9 Å². The Hall–Kier alpha value is -4.48. The molecule has 0 radical (unpaired) electrons. The standard InChI is InChI=1S/C15H12N2.C14H6N3.Au/c1-3-7-14(8-4-1)16-11-12-17(13-16)15-9-5-2-6-10-15;1-16-10-3-5-14-12(7-10)11-6-9(8-15)2-4-13(11)17-14;/h1-12H;2-7H;/q+2;-1;+1. The molecule has 0 bridgehead atoms. The molecule has 5 nitrogen and oxygen atoms in total. The zero-order valence-corrected chi connectivity index (χ0v) is 20.6. The molecule has 0 N–H and O–H groups in total. The van der Waals surface area contributed by atoms with E-state index in [1.54, 1.807) is 12.1 Å². The number of nitrogens with zero attached hydrogens (tertiary/aromatic N) is 5. The van der Waals surface area contributed by atoms with Crippen LogP contribution in [0.2, 0.25) is 0 Å². The van der Waals surface area contributed by atoms with Gasteiger partial charge in [-0.25, -0.2) is 4.85 Å². The first-order chi connectivity index (χ1) is 16.7. The van der Waals surface area contributed by atoms with Crippen molar-refractivity contribution in [3.05, 3.63) is 126 Å². The third-order valence-electron chi connectivity index (χ3n) is 5.41. The molecule has 5 aromatic rings. The van der Waals surface area contributed by atoms with Gasteiger partial charge in [-0.1, -0.05) is 63.7 Å². The molecule has 0 saturated heterocycles. The Morgan fingerprint density at radius 2 is 1.29 bits per heavy atom. The first kappa shape index (κ1) is 23.7. The van der Waals surface area contributed by atoms with Crippen LogP contribution >= 0.6 is 0 Å². The number of fused-ring (bicyclic) bond motifs is 3. The minimum Gasteiger partial charge on any atom is -0.657 e. The van der Waals surface area contributed by atoms with Crippen molar-refractivity contribution in [2.45, 2.75) is 0 Å². The fraction of sp³-hybridized carbons (Fsp3) is 0. The molecule has 0 fully saturated rings. The molecule has 4 aromatic carbocycles. The van der Waals surface area contributed by atoms with Gasteiger partial charge in [0.1, 0.15) is 0 Å². The number of rotatable bonds is 2. The quantitative estimate of drug-likeness (QED) is 0.123. The zero-order chi connectivity index (χ0) is 23.3. The van der Waals surface area contributed by atoms with Crippen molar-refractivity contribution in [3.8, 4) is 6.07 Å². The topological polar surface area (TPSA) is 48.3 Å². The normalized spacial score (nSPS) is 11.5. The van der Waals surface area contributed by atoms with Crippen LogP contribution in [0.1, 0.15) is 5.56 Å². The minimum atomic E-state index is 0. The fourth-order valence-electron chi connectivity index (χ4n) is 3.74. The second kappa shape index (κ2) is 10.6. The molecule has 6 heteroatoms. The smallest absolute Gasteiger partial charge is 0.657 e. The Morgan fingerprint density at radius 3 is 1.83 bits per heavy atom. The summed E-state index contributed by atoms with van der Waals surface area (Å²) in [5, 5.41) is 10.8. The van der Waals surface area contributed by atoms with Crippen LogP contribution in [-0.4, -0.2) is 15.2 Å². The van der Waals surface area contributed by atoms with Crippen LogP contribution in [0.25, 0.3) is 26.7 Å². The summed E-state index contributed by atoms with van der Waals surface area (Å²) in [5.41, 5.74) is 5.15. The van der Waals surface area contributed by atoms with Crippen LogP contribution in [-0.2, 0) is 22.4 Å². The van der Waals surface area contributed by atoms with Gasteiger partial charge < -0.3 is 4.98 Å². The molecule has 0 saturated carbocycles. The van der Waals surface area contributed by atoms with Crippen LogP contribution in [0.5, 0.6) is 0 Å². The summed E-state index contributed by atoms with van der Waals surface area (Å²) >= 11 is 0. The third-order valence-corrected chi connectivity index (χ3v) is 5.41. The van der Waals surface area contributed by atoms with Gasteiger partial charge in [0.15, 0.2) is 5.69 Å². The van der Waals surface area contributed by atoms with E-state index in [0.29, 0.717) is 11.3 Å². The van der Waals surface area contributed by atoms with E-state index in [2.05, 4.69) is 46.2 Å². The molecule has 0 amide bonds. The SMILES string of the molecule is C1=[N+](c2ccccc2)C=C[N+]=1c1ccccc1.[Au+].[C-]#[N+]c1ccc2[n-]c3ccc(C#N)cc3c2c1. The average Bonchev–Trinajstić information content (AvgIpc) is 3.55. The molecular weight excluding hydrogens is 615 g/mol. The van der Waals surface area contributed by atoms with Crippen molar-refractivity contribution < 1.29 is 31.5 Å². The van der Waals surface area contributed by atoms with E-state index in [4.69, 9.17) is 11.8 Å². The average molecular weight is 633 g/mol. The minimum absolute atomic E-state index is 0. The Bertz CT molecular complexity index is 1570. The predicted molar refractivity (Wildman–Crippen MR) is 133 cm³/mol. The summed E-state index contributed by atoms with van der Waals surface area (Å²) in [6.45, 7) is 7.01. The van der Waals surface area contributed by atoms with Crippen molar-refractivity contribution in [3.63, 3.8) is 0 Å². The second-order valence-electron chi connectivity index (χ2n) is 7.58. The Morgan fingerprint density at radius 1 is 0.743 bits per heavy atom. The molecule has 0 aliphatic carbocycles. The summed E-state index contributed by atoms with van der Waals surface area (Å²) < 4.78 is 3.96. The summed E-state index contributed by atoms with van der Waals surface area (Å²) in [6.07, 6.45) is 4.00. The summed E-state index contributed by atoms with van der Waals surface area (Å²) in [4.78, 5) is 7.86. The maximum absolute atomic E-state index is 8.89. The first-order valence-corrected chi connectivity index (χ1v) is 10.7. The van der Waals surface area contributed by atoms with E-state index in [0.717, 1.165) is 33.2 Å². The molecule has 168 valence electrons. The molecule has 35 heavy (non-hydrogen) atoms. The van der Waals surface area contributed by atoms with Gasteiger partial charge in [-0.2, -0.15) is 5.26 Å². The molecule has 1 aliphatic heterocycles. The van der Waals surface area contributed by atoms with Crippen molar-refractivity contribution in [1.82, 2.24) is 4.98 Å². The number of nitriles is 1. The van der Waals surface area contributed by atoms with Crippen molar-refractivity contribution in [2.75, 3.05) is 0 Å². The van der Waals surface area contributed by atoms with E-state index in [9.17, 15) is 0 Å². The first-order valence-electron chi connectivity index (χ1n) is 10.7. The van der Waals surface area contributed by atoms with E-state index < -0.39 is 0 Å². The van der Waals surface area contributed by atoms with Gasteiger partial charge in [-0.05, 0) is 29.0 Å². The Labute approximate surface area is 218 Å². The van der Waals surface area contributed by atoms with Gasteiger partial charge in [-0.15, -0.1) is 11.0 Å². The predicted octanol–water partition coefficient (Wildman–Crippen LogP) is 6.70. The Kier molecular flexibility index (Phi) is 7.19. The van der Waals surface area contributed by atoms with Gasteiger partial charge in [0.25, 0.3) is 12.4 Å². The van der Waals surface area contributed by atoms with Gasteiger partial charge in [0.2, 0.25) is 11.4 Å². The maximum atomic E-state index is 8.89. The van der Waals surface area contributed by atoms with E-state index in [1.807, 2.05) is 82.2 Å². The summed E-state index contributed by atoms with van der Waals surface area (Å²) in [5.74, 6) is 0. The molecule has 2 heterocycles. The van der Waals surface area contributed by atoms with Crippen molar-refractivity contribution >= 4 is 44.9 Å². The third kappa shape index (κ3) is 5.05. The van der Waals surface area contributed by atoms with Gasteiger partial charge >= 0.3 is 28.4 Å². The van der Waals surface area contributed by atoms with E-state index >= 15 is 0 Å². The van der Waals surface area contributed by atoms with Crippen molar-refractivity contribution in [2.24, 2.45) is 0 Å². The summed E-state index contributed by atoms with van der Waals surface area (Å²) in [7, 11) is 0. The van der Waals surface area contributed by atoms with E-state index in [-0.39, 0.29) is 22.4 Å². The summed E-state index contributed by atoms with van der Waals surface area (Å²) in [6, 6.07) is 36.6. The molecule has 0 unspecified atom stereocenters. The largest absolute Gasteiger partial charge is 1.00 e. The van der Waals surface area contributed by atoms with Crippen LogP contribution in [0.15, 0.2) is 109 Å². The van der Waals surface area contributed by atoms with Crippen LogP contribution in [0.3, 0.4) is 0 Å². The number of para-hydroxylation sites is 2. The molecule has 6 rings (SSSR count). The number of hydrogen-bond acceptors (Lipinski definition) is 1. The van der Waals surface area contributed by atoms with E-state index in [1.165, 1.54) is 0 Å². The molecular formula is C29H18AuN5+2. The Balaban J connectivity index is 0.000000160. The van der Waals surface area contributed by atoms with Gasteiger partial charge in [0.05, 0.1) is 18.2 Å². The molecule has 1 aromatic heterocycles. The van der Waals surface area contributed by atoms with Crippen molar-refractivity contribution in [1.29, 1.82) is 5.26 Å². The van der Waals surface area contributed by atoms with Gasteiger partial charge in [-0.3, -0.25) is 0 Å². The van der Waals surface area contributed by atoms with Crippen LogP contribution < -0.4 is 4.98 Å². The number of benzene rings is 4. The van der Waals surface area contributed by atoms with Crippen LogP contribution in [0.4, 0.5) is 17.1 Å². The molecule has 1 aliphatic rings. The zero-order valence-electron chi connectivity index (χ0n) is 18.4. The number of aromatic nitrogens is 1. The molecule has 0 atom stereocenters. The number of hydrogen-bond donors (Lipinski definition) is 0. The fourth-order valence-corrected chi connectivity index (χ4v) is 3.74.